The van der Waals surface area contributed by atoms with Crippen molar-refractivity contribution in [2.45, 2.75) is 4.90 Å². The molecule has 0 saturated carbocycles. The van der Waals surface area contributed by atoms with Crippen molar-refractivity contribution >= 4 is 16.7 Å². The molecule has 104 valence electrons. The Morgan fingerprint density at radius 1 is 1.05 bits per heavy atom. The van der Waals surface area contributed by atoms with E-state index < -0.39 is 0 Å². The van der Waals surface area contributed by atoms with Crippen LogP contribution in [0.25, 0.3) is 4.91 Å². The zero-order valence-electron chi connectivity index (χ0n) is 11.7. The van der Waals surface area contributed by atoms with Crippen LogP contribution in [0.15, 0.2) is 65.6 Å². The molecule has 3 heteroatoms. The molecule has 0 amide bonds. The van der Waals surface area contributed by atoms with Gasteiger partial charge in [0.15, 0.2) is 0 Å². The fourth-order valence-corrected chi connectivity index (χ4v) is 2.67. The number of nitrogens with zero attached hydrogens (tertiary/aromatic N) is 1. The average molecular weight is 287 g/mol. The number of rotatable bonds is 5. The maximum atomic E-state index is 13.1. The van der Waals surface area contributed by atoms with Gasteiger partial charge < -0.3 is 4.90 Å². The Morgan fingerprint density at radius 2 is 1.70 bits per heavy atom. The maximum Gasteiger partial charge on any atom is 0.123 e. The van der Waals surface area contributed by atoms with E-state index >= 15 is 0 Å². The summed E-state index contributed by atoms with van der Waals surface area (Å²) in [7, 11) is 4.07. The zero-order chi connectivity index (χ0) is 14.4. The summed E-state index contributed by atoms with van der Waals surface area (Å²) in [4.78, 5) is 4.43. The fourth-order valence-electron chi connectivity index (χ4n) is 1.71. The molecule has 0 bridgehead atoms. The second-order valence-electron chi connectivity index (χ2n) is 4.75. The molecule has 0 fully saturated rings. The number of hydrogen-bond acceptors (Lipinski definition) is 2. The number of thioether (sulfide) groups is 1. The van der Waals surface area contributed by atoms with Gasteiger partial charge in [-0.1, -0.05) is 48.2 Å². The van der Waals surface area contributed by atoms with Gasteiger partial charge in [0.05, 0.1) is 0 Å². The van der Waals surface area contributed by atoms with Crippen molar-refractivity contribution in [1.29, 1.82) is 0 Å². The smallest absolute Gasteiger partial charge is 0.123 e. The molecule has 20 heavy (non-hydrogen) atoms. The normalized spacial score (nSPS) is 11.9. The van der Waals surface area contributed by atoms with Crippen molar-refractivity contribution in [2.75, 3.05) is 20.6 Å². The molecule has 2 rings (SSSR count). The van der Waals surface area contributed by atoms with E-state index in [0.29, 0.717) is 0 Å². The van der Waals surface area contributed by atoms with E-state index in [1.807, 2.05) is 44.4 Å². The van der Waals surface area contributed by atoms with Crippen molar-refractivity contribution in [3.05, 3.63) is 72.1 Å². The van der Waals surface area contributed by atoms with Gasteiger partial charge in [-0.25, -0.2) is 4.39 Å². The van der Waals surface area contributed by atoms with Gasteiger partial charge in [0.1, 0.15) is 5.82 Å². The Kier molecular flexibility index (Phi) is 5.39. The SMILES string of the molecule is CN(C)C/C=C(\Sc1ccccc1)c1ccc(F)cc1. The van der Waals surface area contributed by atoms with Crippen molar-refractivity contribution < 1.29 is 4.39 Å². The minimum absolute atomic E-state index is 0.203. The van der Waals surface area contributed by atoms with E-state index in [-0.39, 0.29) is 5.82 Å². The molecule has 0 aliphatic rings. The number of benzene rings is 2. The van der Waals surface area contributed by atoms with E-state index in [9.17, 15) is 4.39 Å². The molecule has 0 N–H and O–H groups in total. The highest BCUT2D eigenvalue weighted by atomic mass is 32.2. The standard InChI is InChI=1S/C17H18FNS/c1-19(2)13-12-17(14-8-10-15(18)11-9-14)20-16-6-4-3-5-7-16/h3-12H,13H2,1-2H3/b17-12-. The average Bonchev–Trinajstić information content (AvgIpc) is 2.45. The third-order valence-electron chi connectivity index (χ3n) is 2.74. The topological polar surface area (TPSA) is 3.24 Å². The molecule has 1 nitrogen and oxygen atoms in total. The Bertz CT molecular complexity index is 561. The highest BCUT2D eigenvalue weighted by Gasteiger charge is 2.05. The molecule has 0 atom stereocenters. The molecular weight excluding hydrogens is 269 g/mol. The van der Waals surface area contributed by atoms with E-state index in [2.05, 4.69) is 23.1 Å². The summed E-state index contributed by atoms with van der Waals surface area (Å²) < 4.78 is 13.1. The van der Waals surface area contributed by atoms with Crippen LogP contribution in [0.3, 0.4) is 0 Å². The van der Waals surface area contributed by atoms with Crippen LogP contribution in [0, 0.1) is 5.82 Å². The van der Waals surface area contributed by atoms with Crippen LogP contribution in [0.2, 0.25) is 0 Å². The van der Waals surface area contributed by atoms with Gasteiger partial charge in [0.25, 0.3) is 0 Å². The van der Waals surface area contributed by atoms with Crippen LogP contribution < -0.4 is 0 Å². The van der Waals surface area contributed by atoms with E-state index in [1.54, 1.807) is 11.8 Å². The van der Waals surface area contributed by atoms with Gasteiger partial charge in [-0.3, -0.25) is 0 Å². The van der Waals surface area contributed by atoms with Crippen LogP contribution in [0.4, 0.5) is 4.39 Å². The first kappa shape index (κ1) is 14.8. The fraction of sp³-hybridized carbons (Fsp3) is 0.176. The van der Waals surface area contributed by atoms with Gasteiger partial charge in [-0.2, -0.15) is 0 Å². The summed E-state index contributed by atoms with van der Waals surface area (Å²) in [5, 5.41) is 0. The molecule has 0 aliphatic heterocycles. The Hall–Kier alpha value is -1.58. The molecule has 0 heterocycles. The van der Waals surface area contributed by atoms with Gasteiger partial charge in [-0.15, -0.1) is 0 Å². The van der Waals surface area contributed by atoms with E-state index in [1.165, 1.54) is 17.0 Å². The largest absolute Gasteiger partial charge is 0.306 e. The lowest BCUT2D eigenvalue weighted by molar-refractivity contribution is 0.457. The first-order valence-electron chi connectivity index (χ1n) is 6.49. The Balaban J connectivity index is 2.25. The molecule has 0 aliphatic carbocycles. The molecule has 0 radical (unpaired) electrons. The van der Waals surface area contributed by atoms with Crippen molar-refractivity contribution in [3.8, 4) is 0 Å². The summed E-state index contributed by atoms with van der Waals surface area (Å²) in [6.07, 6.45) is 2.17. The molecule has 0 spiro atoms. The highest BCUT2D eigenvalue weighted by Crippen LogP contribution is 2.34. The summed E-state index contributed by atoms with van der Waals surface area (Å²) in [5.74, 6) is -0.203. The van der Waals surface area contributed by atoms with Crippen LogP contribution in [-0.2, 0) is 0 Å². The second-order valence-corrected chi connectivity index (χ2v) is 5.87. The van der Waals surface area contributed by atoms with Crippen molar-refractivity contribution in [2.24, 2.45) is 0 Å². The summed E-state index contributed by atoms with van der Waals surface area (Å²) in [5.41, 5.74) is 1.04. The first-order chi connectivity index (χ1) is 9.65. The van der Waals surface area contributed by atoms with Gasteiger partial charge in [0.2, 0.25) is 0 Å². The number of likely N-dealkylation sites (N-methyl/N-ethyl adjacent to an activating group) is 1. The molecule has 0 saturated heterocycles. The van der Waals surface area contributed by atoms with Gasteiger partial charge >= 0.3 is 0 Å². The van der Waals surface area contributed by atoms with E-state index in [4.69, 9.17) is 0 Å². The molecule has 2 aromatic carbocycles. The highest BCUT2D eigenvalue weighted by molar-refractivity contribution is 8.08. The molecular formula is C17H18FNS. The predicted molar refractivity (Wildman–Crippen MR) is 85.2 cm³/mol. The second kappa shape index (κ2) is 7.27. The van der Waals surface area contributed by atoms with Gasteiger partial charge in [0, 0.05) is 16.3 Å². The molecule has 0 aromatic heterocycles. The summed E-state index contributed by atoms with van der Waals surface area (Å²) in [6.45, 7) is 0.854. The summed E-state index contributed by atoms with van der Waals surface area (Å²) in [6, 6.07) is 16.9. The van der Waals surface area contributed by atoms with Crippen molar-refractivity contribution in [3.63, 3.8) is 0 Å². The monoisotopic (exact) mass is 287 g/mol. The Labute approximate surface area is 124 Å². The lowest BCUT2D eigenvalue weighted by atomic mass is 10.2. The summed E-state index contributed by atoms with van der Waals surface area (Å²) >= 11 is 1.70. The quantitative estimate of drug-likeness (QED) is 0.744. The van der Waals surface area contributed by atoms with Crippen LogP contribution in [-0.4, -0.2) is 25.5 Å². The van der Waals surface area contributed by atoms with Crippen molar-refractivity contribution in [1.82, 2.24) is 4.90 Å². The third-order valence-corrected chi connectivity index (χ3v) is 3.87. The lowest BCUT2D eigenvalue weighted by Gasteiger charge is -2.11. The maximum absolute atomic E-state index is 13.1. The zero-order valence-corrected chi connectivity index (χ0v) is 12.5. The minimum Gasteiger partial charge on any atom is -0.306 e. The molecule has 2 aromatic rings. The first-order valence-corrected chi connectivity index (χ1v) is 7.30. The predicted octanol–water partition coefficient (Wildman–Crippen LogP) is 4.52. The third kappa shape index (κ3) is 4.51. The van der Waals surface area contributed by atoms with Crippen LogP contribution in [0.1, 0.15) is 5.56 Å². The number of hydrogen-bond donors (Lipinski definition) is 0. The Morgan fingerprint density at radius 3 is 2.30 bits per heavy atom. The van der Waals surface area contributed by atoms with Crippen LogP contribution in [0.5, 0.6) is 0 Å². The lowest BCUT2D eigenvalue weighted by Crippen LogP contribution is -2.10. The molecule has 0 unspecified atom stereocenters. The minimum atomic E-state index is -0.203. The number of halogens is 1. The van der Waals surface area contributed by atoms with Crippen LogP contribution >= 0.6 is 11.8 Å². The van der Waals surface area contributed by atoms with E-state index in [0.717, 1.165) is 17.0 Å². The van der Waals surface area contributed by atoms with Gasteiger partial charge in [-0.05, 0) is 43.9 Å².